The van der Waals surface area contributed by atoms with Crippen molar-refractivity contribution in [1.29, 1.82) is 5.26 Å². The van der Waals surface area contributed by atoms with Crippen molar-refractivity contribution >= 4 is 27.6 Å². The standard InChI is InChI=1S/C13H15ClN2O4S/c1-3-8(2)12(13(17)18)16-21(19,20)11-6-9(7-15)4-5-10(11)14/h4-6,8,12,16H,3H2,1-2H3,(H,17,18)/t8?,12-/m0/s1. The number of nitriles is 1. The molecule has 114 valence electrons. The highest BCUT2D eigenvalue weighted by atomic mass is 35.5. The maximum atomic E-state index is 12.3. The van der Waals surface area contributed by atoms with Crippen LogP contribution < -0.4 is 4.72 Å². The van der Waals surface area contributed by atoms with E-state index in [1.54, 1.807) is 13.8 Å². The summed E-state index contributed by atoms with van der Waals surface area (Å²) in [5, 5.41) is 17.9. The predicted molar refractivity (Wildman–Crippen MR) is 77.4 cm³/mol. The van der Waals surface area contributed by atoms with Gasteiger partial charge in [0.1, 0.15) is 10.9 Å². The quantitative estimate of drug-likeness (QED) is 0.829. The molecule has 1 rings (SSSR count). The Labute approximate surface area is 128 Å². The normalized spacial score (nSPS) is 14.2. The van der Waals surface area contributed by atoms with Crippen LogP contribution in [0.5, 0.6) is 0 Å². The molecule has 2 N–H and O–H groups in total. The molecule has 6 nitrogen and oxygen atoms in total. The first-order chi connectivity index (χ1) is 9.72. The molecule has 1 aromatic carbocycles. The number of benzene rings is 1. The molecule has 0 spiro atoms. The zero-order chi connectivity index (χ0) is 16.2. The third-order valence-electron chi connectivity index (χ3n) is 3.11. The van der Waals surface area contributed by atoms with E-state index in [2.05, 4.69) is 4.72 Å². The van der Waals surface area contributed by atoms with Crippen molar-refractivity contribution in [1.82, 2.24) is 4.72 Å². The van der Waals surface area contributed by atoms with Crippen molar-refractivity contribution in [2.75, 3.05) is 0 Å². The van der Waals surface area contributed by atoms with Crippen LogP contribution in [0, 0.1) is 17.2 Å². The van der Waals surface area contributed by atoms with Crippen LogP contribution in [0.15, 0.2) is 23.1 Å². The van der Waals surface area contributed by atoms with Crippen molar-refractivity contribution in [2.24, 2.45) is 5.92 Å². The van der Waals surface area contributed by atoms with E-state index in [1.807, 2.05) is 6.07 Å². The Morgan fingerprint density at radius 2 is 2.14 bits per heavy atom. The van der Waals surface area contributed by atoms with Crippen molar-refractivity contribution in [3.05, 3.63) is 28.8 Å². The molecule has 21 heavy (non-hydrogen) atoms. The van der Waals surface area contributed by atoms with Gasteiger partial charge < -0.3 is 5.11 Å². The summed E-state index contributed by atoms with van der Waals surface area (Å²) in [4.78, 5) is 10.9. The number of sulfonamides is 1. The lowest BCUT2D eigenvalue weighted by Crippen LogP contribution is -2.44. The van der Waals surface area contributed by atoms with Gasteiger partial charge in [0.25, 0.3) is 0 Å². The van der Waals surface area contributed by atoms with Crippen molar-refractivity contribution in [3.8, 4) is 6.07 Å². The zero-order valence-electron chi connectivity index (χ0n) is 11.5. The molecule has 0 aliphatic carbocycles. The Balaban J connectivity index is 3.23. The third kappa shape index (κ3) is 4.17. The number of nitrogens with one attached hydrogen (secondary N) is 1. The minimum absolute atomic E-state index is 0.0743. The average molecular weight is 331 g/mol. The second kappa shape index (κ2) is 6.89. The second-order valence-corrected chi connectivity index (χ2v) is 6.67. The molecule has 0 radical (unpaired) electrons. The summed E-state index contributed by atoms with van der Waals surface area (Å²) >= 11 is 5.84. The van der Waals surface area contributed by atoms with Crippen LogP contribution in [0.4, 0.5) is 0 Å². The summed E-state index contributed by atoms with van der Waals surface area (Å²) in [7, 11) is -4.14. The third-order valence-corrected chi connectivity index (χ3v) is 5.03. The maximum absolute atomic E-state index is 12.3. The minimum atomic E-state index is -4.14. The fourth-order valence-electron chi connectivity index (χ4n) is 1.66. The Kier molecular flexibility index (Phi) is 5.72. The number of carboxylic acid groups (broad SMARTS) is 1. The summed E-state index contributed by atoms with van der Waals surface area (Å²) < 4.78 is 26.7. The fourth-order valence-corrected chi connectivity index (χ4v) is 3.48. The van der Waals surface area contributed by atoms with Crippen molar-refractivity contribution < 1.29 is 18.3 Å². The van der Waals surface area contributed by atoms with Crippen molar-refractivity contribution in [3.63, 3.8) is 0 Å². The van der Waals surface area contributed by atoms with Gasteiger partial charge in [-0.1, -0.05) is 31.9 Å². The topological polar surface area (TPSA) is 107 Å². The van der Waals surface area contributed by atoms with Crippen molar-refractivity contribution in [2.45, 2.75) is 31.2 Å². The molecule has 1 aromatic rings. The lowest BCUT2D eigenvalue weighted by Gasteiger charge is -2.20. The highest BCUT2D eigenvalue weighted by Crippen LogP contribution is 2.23. The smallest absolute Gasteiger partial charge is 0.322 e. The first-order valence-corrected chi connectivity index (χ1v) is 8.03. The number of carbonyl (C=O) groups is 1. The van der Waals surface area contributed by atoms with E-state index in [1.165, 1.54) is 12.1 Å². The van der Waals surface area contributed by atoms with Gasteiger partial charge in [-0.15, -0.1) is 0 Å². The molecule has 0 bridgehead atoms. The van der Waals surface area contributed by atoms with E-state index in [0.717, 1.165) is 6.07 Å². The van der Waals surface area contributed by atoms with Gasteiger partial charge in [-0.25, -0.2) is 8.42 Å². The molecule has 2 atom stereocenters. The highest BCUT2D eigenvalue weighted by Gasteiger charge is 2.30. The Hall–Kier alpha value is -1.62. The molecule has 0 fully saturated rings. The second-order valence-electron chi connectivity index (χ2n) is 4.58. The van der Waals surface area contributed by atoms with Gasteiger partial charge in [0, 0.05) is 0 Å². The van der Waals surface area contributed by atoms with Crippen LogP contribution in [-0.2, 0) is 14.8 Å². The predicted octanol–water partition coefficient (Wildman–Crippen LogP) is 1.99. The van der Waals surface area contributed by atoms with E-state index >= 15 is 0 Å². The minimum Gasteiger partial charge on any atom is -0.480 e. The van der Waals surface area contributed by atoms with Gasteiger partial charge in [0.15, 0.2) is 0 Å². The van der Waals surface area contributed by atoms with Gasteiger partial charge in [0.05, 0.1) is 16.7 Å². The molecule has 0 aromatic heterocycles. The summed E-state index contributed by atoms with van der Waals surface area (Å²) in [6.45, 7) is 3.40. The Morgan fingerprint density at radius 1 is 1.52 bits per heavy atom. The molecule has 0 saturated heterocycles. The molecule has 0 amide bonds. The lowest BCUT2D eigenvalue weighted by molar-refractivity contribution is -0.140. The number of aliphatic carboxylic acids is 1. The highest BCUT2D eigenvalue weighted by molar-refractivity contribution is 7.89. The molecular formula is C13H15ClN2O4S. The molecular weight excluding hydrogens is 316 g/mol. The zero-order valence-corrected chi connectivity index (χ0v) is 13.1. The lowest BCUT2D eigenvalue weighted by atomic mass is 10.0. The number of nitrogens with zero attached hydrogens (tertiary/aromatic N) is 1. The van der Waals surface area contributed by atoms with E-state index in [4.69, 9.17) is 22.0 Å². The van der Waals surface area contributed by atoms with Crippen LogP contribution in [-0.4, -0.2) is 25.5 Å². The maximum Gasteiger partial charge on any atom is 0.322 e. The monoisotopic (exact) mass is 330 g/mol. The van der Waals surface area contributed by atoms with E-state index in [0.29, 0.717) is 6.42 Å². The molecule has 8 heteroatoms. The number of hydrogen-bond donors (Lipinski definition) is 2. The first-order valence-electron chi connectivity index (χ1n) is 6.17. The van der Waals surface area contributed by atoms with E-state index in [-0.39, 0.29) is 15.5 Å². The Bertz CT molecular complexity index is 682. The molecule has 0 heterocycles. The fraction of sp³-hybridized carbons (Fsp3) is 0.385. The van der Waals surface area contributed by atoms with E-state index < -0.39 is 28.0 Å². The van der Waals surface area contributed by atoms with Gasteiger partial charge in [-0.3, -0.25) is 4.79 Å². The van der Waals surface area contributed by atoms with Gasteiger partial charge >= 0.3 is 5.97 Å². The first kappa shape index (κ1) is 17.4. The van der Waals surface area contributed by atoms with Crippen LogP contribution in [0.2, 0.25) is 5.02 Å². The number of hydrogen-bond acceptors (Lipinski definition) is 4. The van der Waals surface area contributed by atoms with Crippen LogP contribution in [0.1, 0.15) is 25.8 Å². The SMILES string of the molecule is CCC(C)[C@H](NS(=O)(=O)c1cc(C#N)ccc1Cl)C(=O)O. The van der Waals surface area contributed by atoms with Gasteiger partial charge in [-0.05, 0) is 24.1 Å². The number of rotatable bonds is 6. The summed E-state index contributed by atoms with van der Waals surface area (Å²) in [5.74, 6) is -1.66. The molecule has 0 saturated carbocycles. The Morgan fingerprint density at radius 3 is 2.62 bits per heavy atom. The summed E-state index contributed by atoms with van der Waals surface area (Å²) in [6.07, 6.45) is 0.492. The van der Waals surface area contributed by atoms with Gasteiger partial charge in [0.2, 0.25) is 10.0 Å². The van der Waals surface area contributed by atoms with Gasteiger partial charge in [-0.2, -0.15) is 9.98 Å². The number of halogens is 1. The van der Waals surface area contributed by atoms with E-state index in [9.17, 15) is 13.2 Å². The average Bonchev–Trinajstić information content (AvgIpc) is 2.44. The summed E-state index contributed by atoms with van der Waals surface area (Å²) in [6, 6.07) is 4.32. The van der Waals surface area contributed by atoms with Crippen LogP contribution in [0.25, 0.3) is 0 Å². The molecule has 0 aliphatic heterocycles. The van der Waals surface area contributed by atoms with Crippen LogP contribution >= 0.6 is 11.6 Å². The van der Waals surface area contributed by atoms with Crippen LogP contribution in [0.3, 0.4) is 0 Å². The number of carboxylic acids is 1. The molecule has 1 unspecified atom stereocenters. The largest absolute Gasteiger partial charge is 0.480 e. The summed E-state index contributed by atoms with van der Waals surface area (Å²) in [5.41, 5.74) is 0.121. The molecule has 0 aliphatic rings.